The van der Waals surface area contributed by atoms with E-state index in [2.05, 4.69) is 4.99 Å². The summed E-state index contributed by atoms with van der Waals surface area (Å²) in [7, 11) is 2.82. The van der Waals surface area contributed by atoms with E-state index in [0.29, 0.717) is 29.8 Å². The highest BCUT2D eigenvalue weighted by atomic mass is 16.6. The number of allylic oxidation sites excluding steroid dienone is 2. The van der Waals surface area contributed by atoms with Gasteiger partial charge in [-0.1, -0.05) is 27.2 Å². The van der Waals surface area contributed by atoms with Crippen molar-refractivity contribution in [2.75, 3.05) is 20.8 Å². The number of ether oxygens (including phenoxy) is 3. The van der Waals surface area contributed by atoms with Crippen LogP contribution in [0.1, 0.15) is 64.9 Å². The third-order valence-electron chi connectivity index (χ3n) is 6.36. The smallest absolute Gasteiger partial charge is 0.315 e. The minimum Gasteiger partial charge on any atom is -0.493 e. The van der Waals surface area contributed by atoms with Gasteiger partial charge in [-0.05, 0) is 31.2 Å². The Bertz CT molecular complexity index is 1070. The van der Waals surface area contributed by atoms with Gasteiger partial charge >= 0.3 is 5.97 Å². The Kier molecular flexibility index (Phi) is 7.43. The maximum Gasteiger partial charge on any atom is 0.315 e. The predicted molar refractivity (Wildman–Crippen MR) is 126 cm³/mol. The molecule has 0 saturated carbocycles. The number of Topliss-reactive ketones (excluding diaryl/α,β-unsaturated/α-hetero) is 1. The number of hydrogen-bond donors (Lipinski definition) is 0. The summed E-state index contributed by atoms with van der Waals surface area (Å²) in [6, 6.07) is 2.76. The molecule has 0 radical (unpaired) electrons. The van der Waals surface area contributed by atoms with Gasteiger partial charge in [0, 0.05) is 34.9 Å². The van der Waals surface area contributed by atoms with Crippen LogP contribution in [0.25, 0.3) is 0 Å². The van der Waals surface area contributed by atoms with E-state index < -0.39 is 22.7 Å². The van der Waals surface area contributed by atoms with E-state index in [1.807, 2.05) is 20.8 Å². The van der Waals surface area contributed by atoms with Gasteiger partial charge in [-0.25, -0.2) is 0 Å². The summed E-state index contributed by atoms with van der Waals surface area (Å²) in [5.74, 6) is -2.13. The first kappa shape index (κ1) is 25.4. The van der Waals surface area contributed by atoms with Gasteiger partial charge in [0.15, 0.2) is 17.3 Å². The molecule has 0 fully saturated rings. The lowest BCUT2D eigenvalue weighted by Gasteiger charge is -2.38. The second kappa shape index (κ2) is 9.95. The van der Waals surface area contributed by atoms with Crippen LogP contribution in [0.2, 0.25) is 0 Å². The Morgan fingerprint density at radius 3 is 2.44 bits per heavy atom. The van der Waals surface area contributed by atoms with Gasteiger partial charge in [-0.2, -0.15) is 0 Å². The first-order valence-corrected chi connectivity index (χ1v) is 11.4. The van der Waals surface area contributed by atoms with Gasteiger partial charge in [0.05, 0.1) is 31.8 Å². The summed E-state index contributed by atoms with van der Waals surface area (Å²) in [5.41, 5.74) is 1.04. The highest BCUT2D eigenvalue weighted by molar-refractivity contribution is 6.09. The quantitative estimate of drug-likeness (QED) is 0.231. The Morgan fingerprint density at radius 1 is 1.21 bits per heavy atom. The molecule has 2 atom stereocenters. The molecule has 0 bridgehead atoms. The third-order valence-corrected chi connectivity index (χ3v) is 6.36. The lowest BCUT2D eigenvalue weighted by Crippen LogP contribution is -2.39. The molecule has 1 unspecified atom stereocenters. The monoisotopic (exact) mass is 472 g/mol. The Hall–Kier alpha value is -3.23. The molecule has 0 aromatic heterocycles. The molecule has 2 aliphatic rings. The van der Waals surface area contributed by atoms with Crippen LogP contribution in [-0.2, 0) is 14.3 Å². The summed E-state index contributed by atoms with van der Waals surface area (Å²) in [4.78, 5) is 42.9. The fraction of sp³-hybridized carbons (Fsp3) is 0.560. The van der Waals surface area contributed by atoms with Gasteiger partial charge in [0.25, 0.3) is 5.69 Å². The summed E-state index contributed by atoms with van der Waals surface area (Å²) < 4.78 is 16.2. The molecule has 3 rings (SSSR count). The van der Waals surface area contributed by atoms with Gasteiger partial charge in [0.2, 0.25) is 0 Å². The maximum atomic E-state index is 13.4. The van der Waals surface area contributed by atoms with E-state index >= 15 is 0 Å². The minimum atomic E-state index is -0.961. The topological polar surface area (TPSA) is 117 Å². The summed E-state index contributed by atoms with van der Waals surface area (Å²) >= 11 is 0. The number of ketones is 1. The van der Waals surface area contributed by atoms with E-state index in [-0.39, 0.29) is 47.0 Å². The summed E-state index contributed by atoms with van der Waals surface area (Å²) in [6.07, 6.45) is 2.32. The van der Waals surface area contributed by atoms with Gasteiger partial charge in [0.1, 0.15) is 5.92 Å². The first-order chi connectivity index (χ1) is 16.0. The number of esters is 1. The lowest BCUT2D eigenvalue weighted by molar-refractivity contribution is -0.385. The number of nitro groups is 1. The van der Waals surface area contributed by atoms with Crippen LogP contribution in [0.15, 0.2) is 28.4 Å². The molecule has 1 aliphatic carbocycles. The number of benzene rings is 1. The Balaban J connectivity index is 2.27. The zero-order valence-corrected chi connectivity index (χ0v) is 20.6. The van der Waals surface area contributed by atoms with Crippen LogP contribution >= 0.6 is 0 Å². The zero-order chi connectivity index (χ0) is 25.2. The van der Waals surface area contributed by atoms with Crippen LogP contribution in [0.3, 0.4) is 0 Å². The first-order valence-electron chi connectivity index (χ1n) is 11.4. The molecule has 184 valence electrons. The lowest BCUT2D eigenvalue weighted by atomic mass is 9.66. The average Bonchev–Trinajstić information content (AvgIpc) is 2.76. The predicted octanol–water partition coefficient (Wildman–Crippen LogP) is 4.77. The third kappa shape index (κ3) is 4.83. The molecule has 0 N–H and O–H groups in total. The molecule has 0 amide bonds. The second-order valence-electron chi connectivity index (χ2n) is 9.55. The fourth-order valence-corrected chi connectivity index (χ4v) is 4.78. The number of unbranched alkanes of at least 4 members (excludes halogenated alkanes) is 1. The molecule has 9 nitrogen and oxygen atoms in total. The molecule has 1 heterocycles. The van der Waals surface area contributed by atoms with Gasteiger partial charge in [-0.15, -0.1) is 0 Å². The van der Waals surface area contributed by atoms with E-state index in [0.717, 1.165) is 6.42 Å². The standard InChI is InChI=1S/C25H32N2O7/c1-7-8-9-34-24(29)21-14(2)26-16-12-25(3,4)13-18(28)23(16)22(21)15-10-19(32-5)20(33-6)11-17(15)27(30)31/h10-11,21-22H,7-9,12-13H2,1-6H3/t21?,22-/m1/s1. The number of aliphatic imine (C=N–C) groups is 1. The minimum absolute atomic E-state index is 0.164. The van der Waals surface area contributed by atoms with Crippen molar-refractivity contribution in [2.45, 2.75) is 59.3 Å². The SMILES string of the molecule is CCCCOC(=O)C1C(C)=NC2=C(C(=O)CC(C)(C)C2)[C@@H]1c1cc(OC)c(OC)cc1[N+](=O)[O-]. The van der Waals surface area contributed by atoms with Crippen molar-refractivity contribution in [3.05, 3.63) is 39.1 Å². The number of rotatable bonds is 8. The van der Waals surface area contributed by atoms with Crippen LogP contribution in [0.4, 0.5) is 5.69 Å². The number of nitrogens with zero attached hydrogens (tertiary/aromatic N) is 2. The molecule has 0 spiro atoms. The van der Waals surface area contributed by atoms with E-state index in [1.165, 1.54) is 26.4 Å². The van der Waals surface area contributed by atoms with E-state index in [4.69, 9.17) is 14.2 Å². The van der Waals surface area contributed by atoms with Crippen molar-refractivity contribution in [3.8, 4) is 11.5 Å². The van der Waals surface area contributed by atoms with Crippen molar-refractivity contribution in [2.24, 2.45) is 16.3 Å². The highest BCUT2D eigenvalue weighted by Crippen LogP contribution is 2.51. The molecular weight excluding hydrogens is 440 g/mol. The zero-order valence-electron chi connectivity index (χ0n) is 20.6. The normalized spacial score (nSPS) is 21.5. The fourth-order valence-electron chi connectivity index (χ4n) is 4.78. The van der Waals surface area contributed by atoms with Crippen molar-refractivity contribution in [1.82, 2.24) is 0 Å². The van der Waals surface area contributed by atoms with Crippen LogP contribution in [0, 0.1) is 21.4 Å². The van der Waals surface area contributed by atoms with Crippen molar-refractivity contribution in [1.29, 1.82) is 0 Å². The molecular formula is C25H32N2O7. The molecule has 1 aliphatic heterocycles. The largest absolute Gasteiger partial charge is 0.493 e. The highest BCUT2D eigenvalue weighted by Gasteiger charge is 2.48. The molecule has 34 heavy (non-hydrogen) atoms. The number of carbonyl (C=O) groups excluding carboxylic acids is 2. The Morgan fingerprint density at radius 2 is 1.85 bits per heavy atom. The summed E-state index contributed by atoms with van der Waals surface area (Å²) in [6.45, 7) is 7.89. The van der Waals surface area contributed by atoms with Gasteiger partial charge in [-0.3, -0.25) is 24.7 Å². The van der Waals surface area contributed by atoms with Crippen LogP contribution in [-0.4, -0.2) is 43.2 Å². The number of hydrogen-bond acceptors (Lipinski definition) is 8. The maximum absolute atomic E-state index is 13.4. The van der Waals surface area contributed by atoms with Crippen LogP contribution in [0.5, 0.6) is 11.5 Å². The Labute approximate surface area is 199 Å². The average molecular weight is 473 g/mol. The van der Waals surface area contributed by atoms with E-state index in [1.54, 1.807) is 6.92 Å². The molecule has 1 aromatic carbocycles. The van der Waals surface area contributed by atoms with Crippen molar-refractivity contribution < 1.29 is 28.7 Å². The van der Waals surface area contributed by atoms with Crippen LogP contribution < -0.4 is 9.47 Å². The molecule has 9 heteroatoms. The number of carbonyl (C=O) groups is 2. The summed E-state index contributed by atoms with van der Waals surface area (Å²) in [5, 5.41) is 12.1. The molecule has 1 aromatic rings. The van der Waals surface area contributed by atoms with Crippen molar-refractivity contribution in [3.63, 3.8) is 0 Å². The van der Waals surface area contributed by atoms with Gasteiger partial charge < -0.3 is 14.2 Å². The second-order valence-corrected chi connectivity index (χ2v) is 9.55. The van der Waals surface area contributed by atoms with E-state index in [9.17, 15) is 19.7 Å². The number of methoxy groups -OCH3 is 2. The molecule has 0 saturated heterocycles. The van der Waals surface area contributed by atoms with Crippen molar-refractivity contribution >= 4 is 23.2 Å². The number of nitro benzene ring substituents is 1.